The van der Waals surface area contributed by atoms with Gasteiger partial charge in [-0.25, -0.2) is 0 Å². The second-order valence-electron chi connectivity index (χ2n) is 5.30. The molecule has 1 aliphatic heterocycles. The Morgan fingerprint density at radius 1 is 1.33 bits per heavy atom. The summed E-state index contributed by atoms with van der Waals surface area (Å²) in [7, 11) is 0.0114. The fraction of sp³-hybridized carbons (Fsp3) is 0.538. The van der Waals surface area contributed by atoms with E-state index in [1.54, 1.807) is 13.4 Å². The molecule has 1 aromatic heterocycles. The summed E-state index contributed by atoms with van der Waals surface area (Å²) in [5.74, 6) is 1.75. The first-order chi connectivity index (χ1) is 8.48. The molecular formula is C13H20O4Si. The molecule has 1 aromatic rings. The second kappa shape index (κ2) is 5.30. The molecule has 2 atom stereocenters. The minimum atomic E-state index is -1.61. The summed E-state index contributed by atoms with van der Waals surface area (Å²) in [5, 5.41) is 0. The standard InChI is InChI=1S/C13H20O4Si/c1-14-13-9-10(17-18(2,3)4)8-12(16-13)11-6-5-7-15-11/h5-7,9,12-13H,8H2,1-4H3/t12-,13+/m1/s1. The van der Waals surface area contributed by atoms with Crippen molar-refractivity contribution >= 4 is 8.32 Å². The van der Waals surface area contributed by atoms with Crippen molar-refractivity contribution in [3.8, 4) is 0 Å². The van der Waals surface area contributed by atoms with Crippen LogP contribution in [0, 0.1) is 0 Å². The summed E-state index contributed by atoms with van der Waals surface area (Å²) < 4.78 is 22.5. The van der Waals surface area contributed by atoms with Crippen LogP contribution in [0.15, 0.2) is 34.6 Å². The first kappa shape index (κ1) is 13.4. The Morgan fingerprint density at radius 3 is 2.67 bits per heavy atom. The van der Waals surface area contributed by atoms with E-state index in [1.165, 1.54) is 0 Å². The number of hydrogen-bond donors (Lipinski definition) is 0. The van der Waals surface area contributed by atoms with E-state index in [0.29, 0.717) is 6.42 Å². The molecule has 0 radical (unpaired) electrons. The highest BCUT2D eigenvalue weighted by molar-refractivity contribution is 6.70. The lowest BCUT2D eigenvalue weighted by atomic mass is 10.1. The average Bonchev–Trinajstić information content (AvgIpc) is 2.79. The van der Waals surface area contributed by atoms with Crippen LogP contribution in [0.2, 0.25) is 19.6 Å². The van der Waals surface area contributed by atoms with Crippen LogP contribution in [-0.4, -0.2) is 21.7 Å². The van der Waals surface area contributed by atoms with Gasteiger partial charge in [0.2, 0.25) is 8.32 Å². The van der Waals surface area contributed by atoms with Crippen molar-refractivity contribution < 1.29 is 18.3 Å². The Balaban J connectivity index is 2.13. The van der Waals surface area contributed by atoms with Crippen LogP contribution in [0.3, 0.4) is 0 Å². The van der Waals surface area contributed by atoms with Gasteiger partial charge in [0, 0.05) is 19.6 Å². The third-order valence-corrected chi connectivity index (χ3v) is 3.41. The average molecular weight is 268 g/mol. The van der Waals surface area contributed by atoms with Crippen molar-refractivity contribution in [1.29, 1.82) is 0 Å². The number of ether oxygens (including phenoxy) is 2. The van der Waals surface area contributed by atoms with Crippen molar-refractivity contribution in [2.24, 2.45) is 0 Å². The van der Waals surface area contributed by atoms with Gasteiger partial charge in [0.15, 0.2) is 6.29 Å². The van der Waals surface area contributed by atoms with Crippen LogP contribution >= 0.6 is 0 Å². The molecule has 4 nitrogen and oxygen atoms in total. The Morgan fingerprint density at radius 2 is 2.11 bits per heavy atom. The molecule has 0 unspecified atom stereocenters. The Hall–Kier alpha value is -1.04. The Bertz CT molecular complexity index is 405. The van der Waals surface area contributed by atoms with Gasteiger partial charge in [0.05, 0.1) is 12.0 Å². The minimum absolute atomic E-state index is 0.138. The van der Waals surface area contributed by atoms with E-state index in [2.05, 4.69) is 19.6 Å². The lowest BCUT2D eigenvalue weighted by molar-refractivity contribution is -0.144. The quantitative estimate of drug-likeness (QED) is 0.784. The first-order valence-electron chi connectivity index (χ1n) is 6.09. The van der Waals surface area contributed by atoms with Gasteiger partial charge in [-0.2, -0.15) is 0 Å². The molecule has 18 heavy (non-hydrogen) atoms. The first-order valence-corrected chi connectivity index (χ1v) is 9.50. The number of furan rings is 1. The van der Waals surface area contributed by atoms with Gasteiger partial charge in [-0.05, 0) is 31.8 Å². The van der Waals surface area contributed by atoms with E-state index in [0.717, 1.165) is 11.5 Å². The topological polar surface area (TPSA) is 40.8 Å². The van der Waals surface area contributed by atoms with Crippen LogP contribution in [-0.2, 0) is 13.9 Å². The minimum Gasteiger partial charge on any atom is -0.547 e. The van der Waals surface area contributed by atoms with E-state index in [1.807, 2.05) is 18.2 Å². The maximum absolute atomic E-state index is 6.04. The van der Waals surface area contributed by atoms with Crippen LogP contribution < -0.4 is 0 Å². The van der Waals surface area contributed by atoms with Crippen LogP contribution in [0.5, 0.6) is 0 Å². The van der Waals surface area contributed by atoms with Crippen molar-refractivity contribution in [2.45, 2.75) is 38.5 Å². The maximum atomic E-state index is 6.04. The van der Waals surface area contributed by atoms with E-state index in [9.17, 15) is 0 Å². The molecule has 5 heteroatoms. The highest BCUT2D eigenvalue weighted by Gasteiger charge is 2.29. The van der Waals surface area contributed by atoms with E-state index >= 15 is 0 Å². The molecule has 0 amide bonds. The zero-order valence-corrected chi connectivity index (χ0v) is 12.3. The molecule has 2 heterocycles. The Labute approximate surface area is 109 Å². The number of methoxy groups -OCH3 is 1. The summed E-state index contributed by atoms with van der Waals surface area (Å²) in [4.78, 5) is 0. The van der Waals surface area contributed by atoms with Gasteiger partial charge in [-0.1, -0.05) is 0 Å². The predicted octanol–water partition coefficient (Wildman–Crippen LogP) is 3.45. The van der Waals surface area contributed by atoms with Gasteiger partial charge in [-0.15, -0.1) is 0 Å². The third kappa shape index (κ3) is 3.47. The predicted molar refractivity (Wildman–Crippen MR) is 70.5 cm³/mol. The van der Waals surface area contributed by atoms with E-state index in [4.69, 9.17) is 18.3 Å². The number of rotatable bonds is 4. The molecule has 100 valence electrons. The molecule has 0 spiro atoms. The van der Waals surface area contributed by atoms with Gasteiger partial charge in [0.25, 0.3) is 0 Å². The van der Waals surface area contributed by atoms with Crippen LogP contribution in [0.4, 0.5) is 0 Å². The molecule has 0 saturated heterocycles. The van der Waals surface area contributed by atoms with Gasteiger partial charge in [-0.3, -0.25) is 0 Å². The second-order valence-corrected chi connectivity index (χ2v) is 9.72. The summed E-state index contributed by atoms with van der Waals surface area (Å²) in [5.41, 5.74) is 0. The smallest absolute Gasteiger partial charge is 0.241 e. The lowest BCUT2D eigenvalue weighted by Gasteiger charge is -2.30. The normalized spacial score (nSPS) is 24.8. The van der Waals surface area contributed by atoms with Crippen molar-refractivity contribution in [3.05, 3.63) is 36.0 Å². The van der Waals surface area contributed by atoms with Crippen LogP contribution in [0.25, 0.3) is 0 Å². The highest BCUT2D eigenvalue weighted by Crippen LogP contribution is 2.33. The molecule has 0 aliphatic carbocycles. The SMILES string of the molecule is CO[C@@H]1C=C(O[Si](C)(C)C)C[C@H](c2ccco2)O1. The number of hydrogen-bond acceptors (Lipinski definition) is 4. The molecule has 0 bridgehead atoms. The van der Waals surface area contributed by atoms with Gasteiger partial charge in [0.1, 0.15) is 11.9 Å². The fourth-order valence-corrected chi connectivity index (χ4v) is 2.82. The monoisotopic (exact) mass is 268 g/mol. The summed E-state index contributed by atoms with van der Waals surface area (Å²) in [6.45, 7) is 6.48. The summed E-state index contributed by atoms with van der Waals surface area (Å²) >= 11 is 0. The highest BCUT2D eigenvalue weighted by atomic mass is 28.4. The fourth-order valence-electron chi connectivity index (χ4n) is 1.89. The van der Waals surface area contributed by atoms with E-state index < -0.39 is 8.32 Å². The molecule has 0 fully saturated rings. The zero-order valence-electron chi connectivity index (χ0n) is 11.3. The van der Waals surface area contributed by atoms with Crippen molar-refractivity contribution in [1.82, 2.24) is 0 Å². The molecule has 2 rings (SSSR count). The largest absolute Gasteiger partial charge is 0.547 e. The molecule has 1 aliphatic rings. The third-order valence-electron chi connectivity index (χ3n) is 2.54. The van der Waals surface area contributed by atoms with Crippen molar-refractivity contribution in [3.63, 3.8) is 0 Å². The van der Waals surface area contributed by atoms with Crippen LogP contribution in [0.1, 0.15) is 18.3 Å². The molecule has 0 aromatic carbocycles. The molecule has 0 saturated carbocycles. The van der Waals surface area contributed by atoms with Crippen molar-refractivity contribution in [2.75, 3.05) is 7.11 Å². The maximum Gasteiger partial charge on any atom is 0.241 e. The summed E-state index contributed by atoms with van der Waals surface area (Å²) in [6.07, 6.45) is 3.73. The van der Waals surface area contributed by atoms with Gasteiger partial charge >= 0.3 is 0 Å². The van der Waals surface area contributed by atoms with Gasteiger partial charge < -0.3 is 18.3 Å². The Kier molecular flexibility index (Phi) is 3.94. The molecule has 0 N–H and O–H groups in total. The lowest BCUT2D eigenvalue weighted by Crippen LogP contribution is -2.29. The van der Waals surface area contributed by atoms with E-state index in [-0.39, 0.29) is 12.4 Å². The summed E-state index contributed by atoms with van der Waals surface area (Å²) in [6, 6.07) is 3.77. The zero-order chi connectivity index (χ0) is 13.2. The molecular weight excluding hydrogens is 248 g/mol.